The fraction of sp³-hybridized carbons (Fsp3) is 0.280. The topological polar surface area (TPSA) is 429 Å². The van der Waals surface area contributed by atoms with Crippen molar-refractivity contribution in [3.63, 3.8) is 0 Å². The quantitative estimate of drug-likeness (QED) is 0.0134. The molecule has 1 aliphatic heterocycles. The van der Waals surface area contributed by atoms with E-state index in [4.69, 9.17) is 41.8 Å². The molecule has 0 aliphatic carbocycles. The number of carboxylic acid groups (broad SMARTS) is 1. The van der Waals surface area contributed by atoms with Crippen LogP contribution in [0.4, 0.5) is 4.39 Å². The van der Waals surface area contributed by atoms with E-state index in [1.54, 1.807) is 132 Å². The van der Waals surface area contributed by atoms with Gasteiger partial charge in [0, 0.05) is 124 Å². The van der Waals surface area contributed by atoms with Crippen LogP contribution in [0.2, 0.25) is 0 Å². The zero-order chi connectivity index (χ0) is 81.8. The molecule has 10 aromatic rings. The van der Waals surface area contributed by atoms with Crippen LogP contribution in [-0.4, -0.2) is 158 Å². The molecular formula is C82H92FK2N13O16. The molecule has 11 rings (SSSR count). The minimum atomic E-state index is -1.21. The molecule has 6 aromatic carbocycles. The molecule has 0 fully saturated rings. The Kier molecular flexibility index (Phi) is 42.7. The van der Waals surface area contributed by atoms with Gasteiger partial charge in [0.25, 0.3) is 6.47 Å². The van der Waals surface area contributed by atoms with Gasteiger partial charge in [0.2, 0.25) is 11.8 Å². The number of ether oxygens (including phenoxy) is 4. The molecule has 4 aromatic heterocycles. The average molecular weight is 1610 g/mol. The summed E-state index contributed by atoms with van der Waals surface area (Å²) in [7, 11) is 4.18. The molecule has 114 heavy (non-hydrogen) atoms. The molecule has 0 unspecified atom stereocenters. The summed E-state index contributed by atoms with van der Waals surface area (Å²) in [4.78, 5) is 119. The fourth-order valence-electron chi connectivity index (χ4n) is 11.7. The van der Waals surface area contributed by atoms with Crippen LogP contribution in [-0.2, 0) is 44.8 Å². The molecule has 4 atom stereocenters. The number of nitrogens with two attached hydrogens (primary N) is 3. The Morgan fingerprint density at radius 1 is 0.675 bits per heavy atom. The first-order chi connectivity index (χ1) is 53.9. The minimum absolute atomic E-state index is 0. The number of esters is 2. The monoisotopic (exact) mass is 1610 g/mol. The SMILES string of the molecule is COC(=O)c1ccc(-n2cccn2)cc1C.COC(=O)c1ccc(F)cc1C.Cc1cc(-n2cccn2)ccc1C(=O)C[C@@H](CCN)C(=O)N(C)[C@@H]1C(=O)C[C@@H](C)C(=O)N[C@H](C(=O)CCC#N)Cc2ccc(OCCN)c(c2)-c2cc1ccc2OCCN.Cc1cc(-n2cccn2)ccc1C(=O)O.O=CO[O-].[H-].[K+].[K+].c1cc[nH]c1. The van der Waals surface area contributed by atoms with E-state index in [9.17, 15) is 48.0 Å². The number of aromatic carboxylic acids is 1. The van der Waals surface area contributed by atoms with E-state index in [2.05, 4.69) is 40.0 Å². The third-order valence-corrected chi connectivity index (χ3v) is 17.3. The molecule has 32 heteroatoms. The molecule has 9 N–H and O–H groups in total. The van der Waals surface area contributed by atoms with E-state index < -0.39 is 53.5 Å². The van der Waals surface area contributed by atoms with Gasteiger partial charge in [0.1, 0.15) is 36.6 Å². The van der Waals surface area contributed by atoms with Crippen molar-refractivity contribution in [2.75, 3.05) is 54.1 Å². The first-order valence-electron chi connectivity index (χ1n) is 35.3. The summed E-state index contributed by atoms with van der Waals surface area (Å²) in [6.07, 6.45) is 14.0. The smallest absolute Gasteiger partial charge is 1.00 e. The second kappa shape index (κ2) is 50.4. The zero-order valence-corrected chi connectivity index (χ0v) is 71.6. The number of methoxy groups -OCH3 is 2. The molecule has 0 spiro atoms. The van der Waals surface area contributed by atoms with Crippen LogP contribution in [0, 0.1) is 56.7 Å². The number of nitriles is 1. The number of carboxylic acids is 1. The molecule has 29 nitrogen and oxygen atoms in total. The number of halogens is 1. The van der Waals surface area contributed by atoms with E-state index in [0.29, 0.717) is 67.1 Å². The number of benzene rings is 6. The second-order valence-electron chi connectivity index (χ2n) is 25.2. The zero-order valence-electron chi connectivity index (χ0n) is 66.3. The largest absolute Gasteiger partial charge is 1.00 e. The Morgan fingerprint density at radius 3 is 1.57 bits per heavy atom. The number of Topliss-reactive ketones (excluding diaryl/α,β-unsaturated/α-hetero) is 3. The number of H-pyrrole nitrogens is 1. The van der Waals surface area contributed by atoms with Crippen molar-refractivity contribution in [3.8, 4) is 45.8 Å². The van der Waals surface area contributed by atoms with Crippen LogP contribution >= 0.6 is 0 Å². The number of carbonyl (C=O) groups excluding carboxylic acids is 8. The average Bonchev–Trinajstić information content (AvgIpc) is 1.63. The molecular weight excluding hydrogens is 1520 g/mol. The standard InChI is InChI=1S/C45H54N8O7.C12H12N2O2.C11H10N2O2.C9H9FO2.C4H5N.CH2O3.2K.H/c1-28-22-33(53-19-5-18-50-53)9-10-34(28)39(55)27-32(13-15-47)45(58)52(3)43-31-8-12-42(60-21-17-49)36(26-31)35-24-30(7-11-41(35)59-20-16-48)25-37(38(54)6-4-14-46)51-44(57)29(2)23-40(43)56;1-9-8-10(14-7-3-6-13-14)4-5-11(9)12(15)16-2;1-8-7-9(13-6-2-5-12-13)3-4-10(8)11(14)15;1-6-5-7(10)3-4-8(6)9(11)12-2;1-2-4-5-3-1;2-1-4-3;;;/h5,7-12,18-19,22,24,26,29,32,37,43H,4,6,13,15-17,20-21,23,25,27,47-49H2,1-3H3,(H,51,57);3-8H,1-2H3;2-7H,1H3,(H,14,15);3-5H,1-2H3;1-5H;1,3H;;;/q;;;;;;2*+1;-1/p-1/t29-,32-,37+,43+;;;;;;;;/m1......../s1. The van der Waals surface area contributed by atoms with Crippen molar-refractivity contribution in [1.82, 2.24) is 44.5 Å². The van der Waals surface area contributed by atoms with Crippen molar-refractivity contribution in [1.29, 1.82) is 5.26 Å². The molecule has 590 valence electrons. The number of carbonyl (C=O) groups is 9. The molecule has 1 aliphatic rings. The van der Waals surface area contributed by atoms with Gasteiger partial charge in [-0.1, -0.05) is 19.1 Å². The van der Waals surface area contributed by atoms with E-state index in [-0.39, 0.29) is 205 Å². The predicted octanol–water partition coefficient (Wildman–Crippen LogP) is 3.11. The van der Waals surface area contributed by atoms with Crippen LogP contribution in [0.25, 0.3) is 28.2 Å². The number of likely N-dealkylation sites (N-methyl/N-ethyl adjacent to an activating group) is 1. The van der Waals surface area contributed by atoms with Crippen LogP contribution in [0.15, 0.2) is 189 Å². The predicted molar refractivity (Wildman–Crippen MR) is 412 cm³/mol. The molecule has 0 saturated heterocycles. The summed E-state index contributed by atoms with van der Waals surface area (Å²) in [5.41, 5.74) is 27.1. The van der Waals surface area contributed by atoms with Gasteiger partial charge in [-0.25, -0.2) is 32.8 Å². The fourth-order valence-corrected chi connectivity index (χ4v) is 11.7. The van der Waals surface area contributed by atoms with Gasteiger partial charge in [-0.3, -0.25) is 28.8 Å². The number of amides is 2. The van der Waals surface area contributed by atoms with Crippen molar-refractivity contribution in [2.24, 2.45) is 29.0 Å². The number of rotatable bonds is 23. The van der Waals surface area contributed by atoms with Gasteiger partial charge in [-0.05, 0) is 208 Å². The third kappa shape index (κ3) is 28.9. The van der Waals surface area contributed by atoms with Crippen molar-refractivity contribution < 1.29 is 186 Å². The summed E-state index contributed by atoms with van der Waals surface area (Å²) < 4.78 is 39.1. The summed E-state index contributed by atoms with van der Waals surface area (Å²) in [6, 6.07) is 39.6. The number of hydrogen-bond acceptors (Lipinski definition) is 22. The number of nitrogens with zero attached hydrogens (tertiary/aromatic N) is 8. The summed E-state index contributed by atoms with van der Waals surface area (Å²) >= 11 is 0. The molecule has 4 bridgehead atoms. The van der Waals surface area contributed by atoms with Crippen molar-refractivity contribution in [2.45, 2.75) is 85.2 Å². The van der Waals surface area contributed by atoms with E-state index in [1.807, 2.05) is 93.2 Å². The van der Waals surface area contributed by atoms with E-state index in [1.165, 1.54) is 44.4 Å². The third-order valence-electron chi connectivity index (χ3n) is 17.3. The summed E-state index contributed by atoms with van der Waals surface area (Å²) in [5, 5.41) is 41.8. The molecule has 0 radical (unpaired) electrons. The Bertz CT molecular complexity index is 4800. The molecule has 5 heterocycles. The van der Waals surface area contributed by atoms with Crippen LogP contribution < -0.4 is 140 Å². The first-order valence-corrected chi connectivity index (χ1v) is 35.3. The Hall–Kier alpha value is -9.81. The van der Waals surface area contributed by atoms with Gasteiger partial charge >= 0.3 is 121 Å². The van der Waals surface area contributed by atoms with Gasteiger partial charge < -0.3 is 68.0 Å². The van der Waals surface area contributed by atoms with Gasteiger partial charge in [0.15, 0.2) is 17.3 Å². The molecule has 2 amide bonds. The Labute approximate surface area is 746 Å². The minimum Gasteiger partial charge on any atom is -1.00 e. The van der Waals surface area contributed by atoms with E-state index >= 15 is 0 Å². The van der Waals surface area contributed by atoms with Crippen LogP contribution in [0.1, 0.15) is 121 Å². The van der Waals surface area contributed by atoms with Crippen LogP contribution in [0.5, 0.6) is 11.5 Å². The van der Waals surface area contributed by atoms with E-state index in [0.717, 1.165) is 28.2 Å². The van der Waals surface area contributed by atoms with Gasteiger partial charge in [-0.2, -0.15) is 20.6 Å². The first kappa shape index (κ1) is 96.6. The number of aromatic nitrogens is 7. The number of fused-ring (bicyclic) bond motifs is 5. The number of hydrogen-bond donors (Lipinski definition) is 6. The molecule has 0 saturated carbocycles. The van der Waals surface area contributed by atoms with Gasteiger partial charge in [0.05, 0.1) is 60.1 Å². The van der Waals surface area contributed by atoms with Crippen LogP contribution in [0.3, 0.4) is 0 Å². The summed E-state index contributed by atoms with van der Waals surface area (Å²) in [6.45, 7) is 9.44. The van der Waals surface area contributed by atoms with Crippen molar-refractivity contribution in [3.05, 3.63) is 251 Å². The number of nitrogens with one attached hydrogen (secondary N) is 2. The Morgan fingerprint density at radius 2 is 1.15 bits per heavy atom. The second-order valence-corrected chi connectivity index (χ2v) is 25.2. The maximum atomic E-state index is 14.6. The maximum Gasteiger partial charge on any atom is 1.00 e. The normalized spacial score (nSPS) is 13.3. The van der Waals surface area contributed by atoms with Gasteiger partial charge in [-0.15, -0.1) is 0 Å². The number of aromatic amines is 1. The number of ketones is 3. The summed E-state index contributed by atoms with van der Waals surface area (Å²) in [5.74, 6) is -4.95. The Balaban J connectivity index is 0.000000493. The number of aryl methyl sites for hydroxylation is 4. The van der Waals surface area contributed by atoms with Crippen molar-refractivity contribution >= 4 is 53.5 Å². The maximum absolute atomic E-state index is 14.6.